The summed E-state index contributed by atoms with van der Waals surface area (Å²) in [6.07, 6.45) is 6.46. The third-order valence-corrected chi connectivity index (χ3v) is 5.92. The molecule has 0 saturated carbocycles. The molecular weight excluding hydrogens is 434 g/mol. The molecule has 6 nitrogen and oxygen atoms in total. The monoisotopic (exact) mass is 465 g/mol. The summed E-state index contributed by atoms with van der Waals surface area (Å²) in [5.74, 6) is 0.822. The quantitative estimate of drug-likeness (QED) is 0.172. The van der Waals surface area contributed by atoms with E-state index in [1.807, 2.05) is 25.1 Å². The van der Waals surface area contributed by atoms with Crippen molar-refractivity contribution in [3.8, 4) is 11.5 Å². The highest BCUT2D eigenvalue weighted by atomic mass is 32.2. The van der Waals surface area contributed by atoms with E-state index in [0.29, 0.717) is 40.5 Å². The number of rotatable bonds is 13. The first kappa shape index (κ1) is 25.2. The first-order chi connectivity index (χ1) is 15.0. The molecule has 0 bridgehead atoms. The Balaban J connectivity index is 2.06. The zero-order valence-electron chi connectivity index (χ0n) is 18.5. The first-order valence-corrected chi connectivity index (χ1v) is 12.0. The molecule has 1 amide bonds. The van der Waals surface area contributed by atoms with Gasteiger partial charge in [-0.25, -0.2) is 0 Å². The van der Waals surface area contributed by atoms with Crippen LogP contribution < -0.4 is 9.47 Å². The SMILES string of the molecule is CCCCCCOc1ccc(/C=C2\SC(=S)N(CCC(=O)OCC)C2=O)cc1OCC. The summed E-state index contributed by atoms with van der Waals surface area (Å²) < 4.78 is 17.0. The van der Waals surface area contributed by atoms with Crippen LogP contribution in [0.3, 0.4) is 0 Å². The number of carbonyl (C=O) groups is 2. The van der Waals surface area contributed by atoms with Crippen LogP contribution in [0, 0.1) is 0 Å². The molecule has 1 aromatic carbocycles. The smallest absolute Gasteiger partial charge is 0.307 e. The maximum Gasteiger partial charge on any atom is 0.307 e. The Bertz CT molecular complexity index is 809. The minimum absolute atomic E-state index is 0.117. The van der Waals surface area contributed by atoms with E-state index >= 15 is 0 Å². The van der Waals surface area contributed by atoms with Gasteiger partial charge in [0.15, 0.2) is 11.5 Å². The van der Waals surface area contributed by atoms with Gasteiger partial charge in [0, 0.05) is 6.54 Å². The minimum Gasteiger partial charge on any atom is -0.490 e. The molecule has 1 fully saturated rings. The van der Waals surface area contributed by atoms with Crippen molar-refractivity contribution < 1.29 is 23.8 Å². The molecule has 0 spiro atoms. The van der Waals surface area contributed by atoms with Crippen molar-refractivity contribution in [2.45, 2.75) is 52.9 Å². The highest BCUT2D eigenvalue weighted by Gasteiger charge is 2.32. The minimum atomic E-state index is -0.341. The van der Waals surface area contributed by atoms with E-state index in [4.69, 9.17) is 26.4 Å². The van der Waals surface area contributed by atoms with Gasteiger partial charge in [0.1, 0.15) is 4.32 Å². The zero-order valence-corrected chi connectivity index (χ0v) is 20.1. The number of hydrogen-bond donors (Lipinski definition) is 0. The number of unbranched alkanes of at least 4 members (excludes halogenated alkanes) is 3. The Hall–Kier alpha value is -2.06. The third kappa shape index (κ3) is 7.85. The molecule has 170 valence electrons. The molecule has 0 atom stereocenters. The lowest BCUT2D eigenvalue weighted by Crippen LogP contribution is -2.30. The van der Waals surface area contributed by atoms with E-state index in [-0.39, 0.29) is 24.8 Å². The summed E-state index contributed by atoms with van der Waals surface area (Å²) >= 11 is 6.56. The third-order valence-electron chi connectivity index (χ3n) is 4.54. The Labute approximate surface area is 194 Å². The van der Waals surface area contributed by atoms with Gasteiger partial charge in [-0.3, -0.25) is 14.5 Å². The van der Waals surface area contributed by atoms with Crippen LogP contribution in [0.4, 0.5) is 0 Å². The topological polar surface area (TPSA) is 65.1 Å². The van der Waals surface area contributed by atoms with Crippen molar-refractivity contribution in [1.82, 2.24) is 4.90 Å². The largest absolute Gasteiger partial charge is 0.490 e. The molecule has 31 heavy (non-hydrogen) atoms. The molecule has 0 radical (unpaired) electrons. The predicted molar refractivity (Wildman–Crippen MR) is 128 cm³/mol. The van der Waals surface area contributed by atoms with Crippen LogP contribution in [0.5, 0.6) is 11.5 Å². The number of hydrogen-bond acceptors (Lipinski definition) is 7. The Kier molecular flexibility index (Phi) is 10.9. The number of benzene rings is 1. The molecule has 0 aliphatic carbocycles. The molecule has 0 N–H and O–H groups in total. The van der Waals surface area contributed by atoms with Crippen LogP contribution in [0.1, 0.15) is 58.4 Å². The van der Waals surface area contributed by atoms with Gasteiger partial charge < -0.3 is 14.2 Å². The van der Waals surface area contributed by atoms with Gasteiger partial charge in [0.05, 0.1) is 31.1 Å². The molecule has 1 aromatic rings. The summed E-state index contributed by atoms with van der Waals surface area (Å²) in [5, 5.41) is 0. The molecule has 8 heteroatoms. The van der Waals surface area contributed by atoms with E-state index in [9.17, 15) is 9.59 Å². The average Bonchev–Trinajstić information content (AvgIpc) is 3.00. The van der Waals surface area contributed by atoms with Gasteiger partial charge in [0.2, 0.25) is 0 Å². The molecule has 1 aliphatic heterocycles. The zero-order chi connectivity index (χ0) is 22.6. The van der Waals surface area contributed by atoms with Gasteiger partial charge >= 0.3 is 5.97 Å². The fourth-order valence-corrected chi connectivity index (χ4v) is 4.30. The number of nitrogens with zero attached hydrogens (tertiary/aromatic N) is 1. The normalized spacial score (nSPS) is 14.9. The molecular formula is C23H31NO5S2. The second-order valence-electron chi connectivity index (χ2n) is 6.94. The van der Waals surface area contributed by atoms with Gasteiger partial charge in [-0.2, -0.15) is 0 Å². The molecule has 1 heterocycles. The Morgan fingerprint density at radius 1 is 1.10 bits per heavy atom. The van der Waals surface area contributed by atoms with E-state index < -0.39 is 0 Å². The van der Waals surface area contributed by atoms with E-state index in [0.717, 1.165) is 18.4 Å². The number of amides is 1. The lowest BCUT2D eigenvalue weighted by molar-refractivity contribution is -0.143. The van der Waals surface area contributed by atoms with E-state index in [1.54, 1.807) is 13.0 Å². The molecule has 2 rings (SSSR count). The van der Waals surface area contributed by atoms with E-state index in [1.165, 1.54) is 29.5 Å². The summed E-state index contributed by atoms with van der Waals surface area (Å²) in [6, 6.07) is 5.64. The first-order valence-electron chi connectivity index (χ1n) is 10.8. The number of thiocarbonyl (C=S) groups is 1. The highest BCUT2D eigenvalue weighted by Crippen LogP contribution is 2.35. The van der Waals surface area contributed by atoms with Gasteiger partial charge in [-0.05, 0) is 44.0 Å². The van der Waals surface area contributed by atoms with Crippen molar-refractivity contribution in [2.24, 2.45) is 0 Å². The fourth-order valence-electron chi connectivity index (χ4n) is 2.99. The second kappa shape index (κ2) is 13.4. The molecule has 0 unspecified atom stereocenters. The lowest BCUT2D eigenvalue weighted by Gasteiger charge is -2.13. The average molecular weight is 466 g/mol. The van der Waals surface area contributed by atoms with Crippen molar-refractivity contribution in [2.75, 3.05) is 26.4 Å². The van der Waals surface area contributed by atoms with Crippen LogP contribution in [0.15, 0.2) is 23.1 Å². The Morgan fingerprint density at radius 2 is 1.90 bits per heavy atom. The summed E-state index contributed by atoms with van der Waals surface area (Å²) in [6.45, 7) is 7.56. The lowest BCUT2D eigenvalue weighted by atomic mass is 10.1. The van der Waals surface area contributed by atoms with Crippen LogP contribution >= 0.6 is 24.0 Å². The maximum atomic E-state index is 12.7. The fraction of sp³-hybridized carbons (Fsp3) is 0.522. The van der Waals surface area contributed by atoms with Crippen molar-refractivity contribution in [3.63, 3.8) is 0 Å². The van der Waals surface area contributed by atoms with Gasteiger partial charge in [-0.15, -0.1) is 0 Å². The van der Waals surface area contributed by atoms with Crippen molar-refractivity contribution in [3.05, 3.63) is 28.7 Å². The van der Waals surface area contributed by atoms with Crippen LogP contribution in [0.2, 0.25) is 0 Å². The number of esters is 1. The van der Waals surface area contributed by atoms with Crippen molar-refractivity contribution in [1.29, 1.82) is 0 Å². The van der Waals surface area contributed by atoms with Crippen LogP contribution in [-0.2, 0) is 14.3 Å². The molecule has 1 aliphatic rings. The van der Waals surface area contributed by atoms with Gasteiger partial charge in [-0.1, -0.05) is 56.2 Å². The van der Waals surface area contributed by atoms with Crippen molar-refractivity contribution >= 4 is 46.3 Å². The van der Waals surface area contributed by atoms with Gasteiger partial charge in [0.25, 0.3) is 5.91 Å². The summed E-state index contributed by atoms with van der Waals surface area (Å²) in [4.78, 5) is 26.3. The van der Waals surface area contributed by atoms with E-state index in [2.05, 4.69) is 6.92 Å². The molecule has 0 aromatic heterocycles. The van der Waals surface area contributed by atoms with Crippen LogP contribution in [0.25, 0.3) is 6.08 Å². The standard InChI is InChI=1S/C23H31NO5S2/c1-4-7-8-9-14-29-18-11-10-17(15-19(18)27-5-2)16-20-22(26)24(23(30)31-20)13-12-21(25)28-6-3/h10-11,15-16H,4-9,12-14H2,1-3H3/b20-16-. The predicted octanol–water partition coefficient (Wildman–Crippen LogP) is 5.20. The maximum absolute atomic E-state index is 12.7. The summed E-state index contributed by atoms with van der Waals surface area (Å²) in [7, 11) is 0. The number of ether oxygens (including phenoxy) is 3. The second-order valence-corrected chi connectivity index (χ2v) is 8.61. The number of carbonyl (C=O) groups excluding carboxylic acids is 2. The Morgan fingerprint density at radius 3 is 2.61 bits per heavy atom. The molecule has 1 saturated heterocycles. The number of thioether (sulfide) groups is 1. The highest BCUT2D eigenvalue weighted by molar-refractivity contribution is 8.26. The van der Waals surface area contributed by atoms with Crippen LogP contribution in [-0.4, -0.2) is 47.5 Å². The summed E-state index contributed by atoms with van der Waals surface area (Å²) in [5.41, 5.74) is 0.827.